The lowest BCUT2D eigenvalue weighted by molar-refractivity contribution is -0.132. The number of aromatic nitrogens is 1. The molecule has 1 aromatic carbocycles. The maximum absolute atomic E-state index is 12.7. The average molecular weight is 370 g/mol. The van der Waals surface area contributed by atoms with Crippen LogP contribution in [0.1, 0.15) is 43.9 Å². The Morgan fingerprint density at radius 3 is 2.58 bits per heavy atom. The van der Waals surface area contributed by atoms with Gasteiger partial charge in [-0.05, 0) is 37.7 Å². The molecule has 1 aromatic heterocycles. The Kier molecular flexibility index (Phi) is 5.09. The second-order valence-electron chi connectivity index (χ2n) is 7.64. The number of hydrogen-bond acceptors (Lipinski definition) is 4. The van der Waals surface area contributed by atoms with Crippen LogP contribution in [0.4, 0.5) is 0 Å². The molecule has 0 spiro atoms. The lowest BCUT2D eigenvalue weighted by Gasteiger charge is -2.35. The number of carbonyl (C=O) groups excluding carboxylic acids is 1. The number of fused-ring (bicyclic) bond motifs is 2. The van der Waals surface area contributed by atoms with Gasteiger partial charge in [-0.25, -0.2) is 4.98 Å². The molecule has 0 saturated carbocycles. The molecule has 0 aliphatic carbocycles. The highest BCUT2D eigenvalue weighted by atomic mass is 32.1. The highest BCUT2D eigenvalue weighted by molar-refractivity contribution is 7.13. The number of rotatable bonds is 5. The molecular formula is C21H27N3OS. The standard InChI is InChI=1S/C21H27N3OS/c1-3-14-4-6-15(7-5-14)21-23-18(13-26-21)12-20(25)24(2)19-10-16-8-9-17(11-19)22-16/h4-7,13,16-17,19,22H,3,8-12H2,1-2H3. The van der Waals surface area contributed by atoms with E-state index in [9.17, 15) is 4.79 Å². The molecule has 2 saturated heterocycles. The van der Waals surface area contributed by atoms with Crippen LogP contribution in [-0.4, -0.2) is 41.0 Å². The Balaban J connectivity index is 1.39. The lowest BCUT2D eigenvalue weighted by atomic mass is 9.98. The highest BCUT2D eigenvalue weighted by Crippen LogP contribution is 2.30. The second kappa shape index (κ2) is 7.49. The van der Waals surface area contributed by atoms with Crippen molar-refractivity contribution < 1.29 is 4.79 Å². The van der Waals surface area contributed by atoms with E-state index in [0.717, 1.165) is 35.5 Å². The quantitative estimate of drug-likeness (QED) is 0.875. The van der Waals surface area contributed by atoms with Gasteiger partial charge in [0, 0.05) is 36.1 Å². The smallest absolute Gasteiger partial charge is 0.228 e. The summed E-state index contributed by atoms with van der Waals surface area (Å²) in [6, 6.07) is 10.1. The molecule has 2 aliphatic heterocycles. The number of piperidine rings is 1. The van der Waals surface area contributed by atoms with E-state index in [1.54, 1.807) is 11.3 Å². The van der Waals surface area contributed by atoms with Gasteiger partial charge in [-0.2, -0.15) is 0 Å². The van der Waals surface area contributed by atoms with E-state index >= 15 is 0 Å². The molecule has 138 valence electrons. The van der Waals surface area contributed by atoms with Gasteiger partial charge in [0.2, 0.25) is 5.91 Å². The van der Waals surface area contributed by atoms with Gasteiger partial charge < -0.3 is 10.2 Å². The largest absolute Gasteiger partial charge is 0.342 e. The predicted octanol–water partition coefficient (Wildman–Crippen LogP) is 3.66. The highest BCUT2D eigenvalue weighted by Gasteiger charge is 2.36. The first-order valence-corrected chi connectivity index (χ1v) is 10.6. The van der Waals surface area contributed by atoms with Crippen LogP contribution in [-0.2, 0) is 17.6 Å². The monoisotopic (exact) mass is 369 g/mol. The zero-order valence-electron chi connectivity index (χ0n) is 15.6. The first-order valence-electron chi connectivity index (χ1n) is 9.67. The zero-order valence-corrected chi connectivity index (χ0v) is 16.4. The van der Waals surface area contributed by atoms with E-state index in [2.05, 4.69) is 36.5 Å². The Bertz CT molecular complexity index is 758. The third-order valence-corrected chi connectivity index (χ3v) is 6.82. The third kappa shape index (κ3) is 3.69. The van der Waals surface area contributed by atoms with Crippen LogP contribution in [0.3, 0.4) is 0 Å². The number of hydrogen-bond donors (Lipinski definition) is 1. The van der Waals surface area contributed by atoms with Gasteiger partial charge in [0.05, 0.1) is 12.1 Å². The molecule has 2 aliphatic rings. The van der Waals surface area contributed by atoms with Crippen molar-refractivity contribution in [2.45, 2.75) is 63.6 Å². The van der Waals surface area contributed by atoms with Crippen molar-refractivity contribution in [3.05, 3.63) is 40.9 Å². The number of likely N-dealkylation sites (N-methyl/N-ethyl adjacent to an activating group) is 1. The maximum atomic E-state index is 12.7. The van der Waals surface area contributed by atoms with Crippen LogP contribution in [0.15, 0.2) is 29.6 Å². The first-order chi connectivity index (χ1) is 12.6. The van der Waals surface area contributed by atoms with Crippen molar-refractivity contribution in [2.75, 3.05) is 7.05 Å². The number of nitrogens with one attached hydrogen (secondary N) is 1. The first kappa shape index (κ1) is 17.7. The summed E-state index contributed by atoms with van der Waals surface area (Å²) < 4.78 is 0. The summed E-state index contributed by atoms with van der Waals surface area (Å²) in [5, 5.41) is 6.67. The van der Waals surface area contributed by atoms with E-state index in [4.69, 9.17) is 4.98 Å². The van der Waals surface area contributed by atoms with E-state index < -0.39 is 0 Å². The summed E-state index contributed by atoms with van der Waals surface area (Å²) in [5.41, 5.74) is 3.35. The minimum absolute atomic E-state index is 0.189. The van der Waals surface area contributed by atoms with Crippen molar-refractivity contribution in [3.63, 3.8) is 0 Å². The van der Waals surface area contributed by atoms with Gasteiger partial charge >= 0.3 is 0 Å². The van der Waals surface area contributed by atoms with Gasteiger partial charge in [0.1, 0.15) is 5.01 Å². The topological polar surface area (TPSA) is 45.2 Å². The van der Waals surface area contributed by atoms with Crippen molar-refractivity contribution in [3.8, 4) is 10.6 Å². The Labute approximate surface area is 159 Å². The number of carbonyl (C=O) groups is 1. The molecule has 3 heterocycles. The number of thiazole rings is 1. The fourth-order valence-corrected chi connectivity index (χ4v) is 5.06. The van der Waals surface area contributed by atoms with Crippen molar-refractivity contribution in [1.82, 2.24) is 15.2 Å². The van der Waals surface area contributed by atoms with Crippen LogP contribution in [0.25, 0.3) is 10.6 Å². The molecule has 2 aromatic rings. The molecule has 2 bridgehead atoms. The average Bonchev–Trinajstić information content (AvgIpc) is 3.27. The number of aryl methyl sites for hydroxylation is 1. The molecule has 1 N–H and O–H groups in total. The number of amides is 1. The molecule has 2 atom stereocenters. The minimum Gasteiger partial charge on any atom is -0.342 e. The SMILES string of the molecule is CCc1ccc(-c2nc(CC(=O)N(C)C3CC4CCC(C3)N4)cs2)cc1. The van der Waals surface area contributed by atoms with Gasteiger partial charge in [-0.1, -0.05) is 31.2 Å². The second-order valence-corrected chi connectivity index (χ2v) is 8.50. The summed E-state index contributed by atoms with van der Waals surface area (Å²) in [5.74, 6) is 0.189. The van der Waals surface area contributed by atoms with Crippen molar-refractivity contribution >= 4 is 17.2 Å². The molecule has 0 radical (unpaired) electrons. The molecule has 4 nitrogen and oxygen atoms in total. The molecule has 26 heavy (non-hydrogen) atoms. The molecule has 2 fully saturated rings. The van der Waals surface area contributed by atoms with E-state index in [-0.39, 0.29) is 5.91 Å². The molecule has 4 rings (SSSR count). The maximum Gasteiger partial charge on any atom is 0.228 e. The normalized spacial score (nSPS) is 24.6. The number of benzene rings is 1. The van der Waals surface area contributed by atoms with Gasteiger partial charge in [0.25, 0.3) is 0 Å². The Hall–Kier alpha value is -1.72. The van der Waals surface area contributed by atoms with Crippen LogP contribution >= 0.6 is 11.3 Å². The minimum atomic E-state index is 0.189. The van der Waals surface area contributed by atoms with Crippen molar-refractivity contribution in [1.29, 1.82) is 0 Å². The van der Waals surface area contributed by atoms with Gasteiger partial charge in [-0.15, -0.1) is 11.3 Å². The van der Waals surface area contributed by atoms with Gasteiger partial charge in [-0.3, -0.25) is 4.79 Å². The van der Waals surface area contributed by atoms with E-state index in [1.807, 2.05) is 17.3 Å². The summed E-state index contributed by atoms with van der Waals surface area (Å²) in [6.45, 7) is 2.16. The summed E-state index contributed by atoms with van der Waals surface area (Å²) in [6.07, 6.45) is 6.14. The van der Waals surface area contributed by atoms with E-state index in [1.165, 1.54) is 18.4 Å². The lowest BCUT2D eigenvalue weighted by Crippen LogP contribution is -2.49. The summed E-state index contributed by atoms with van der Waals surface area (Å²) in [4.78, 5) is 19.4. The Morgan fingerprint density at radius 2 is 1.92 bits per heavy atom. The fourth-order valence-electron chi connectivity index (χ4n) is 4.23. The Morgan fingerprint density at radius 1 is 1.23 bits per heavy atom. The van der Waals surface area contributed by atoms with Crippen LogP contribution in [0.5, 0.6) is 0 Å². The summed E-state index contributed by atoms with van der Waals surface area (Å²) in [7, 11) is 1.97. The zero-order chi connectivity index (χ0) is 18.1. The van der Waals surface area contributed by atoms with Crippen LogP contribution < -0.4 is 5.32 Å². The third-order valence-electron chi connectivity index (χ3n) is 5.88. The van der Waals surface area contributed by atoms with Crippen LogP contribution in [0.2, 0.25) is 0 Å². The van der Waals surface area contributed by atoms with Crippen molar-refractivity contribution in [2.24, 2.45) is 0 Å². The molecule has 5 heteroatoms. The predicted molar refractivity (Wildman–Crippen MR) is 106 cm³/mol. The van der Waals surface area contributed by atoms with Crippen LogP contribution in [0, 0.1) is 0 Å². The molecular weight excluding hydrogens is 342 g/mol. The van der Waals surface area contributed by atoms with Gasteiger partial charge in [0.15, 0.2) is 0 Å². The number of nitrogens with zero attached hydrogens (tertiary/aromatic N) is 2. The fraction of sp³-hybridized carbons (Fsp3) is 0.524. The van der Waals surface area contributed by atoms with E-state index in [0.29, 0.717) is 24.5 Å². The molecule has 2 unspecified atom stereocenters. The molecule has 1 amide bonds. The summed E-state index contributed by atoms with van der Waals surface area (Å²) >= 11 is 1.62.